The van der Waals surface area contributed by atoms with Crippen LogP contribution in [0.15, 0.2) is 18.3 Å². The zero-order valence-electron chi connectivity index (χ0n) is 10.7. The van der Waals surface area contributed by atoms with Crippen molar-refractivity contribution in [3.05, 3.63) is 24.0 Å². The lowest BCUT2D eigenvalue weighted by molar-refractivity contribution is 0.170. The normalized spacial score (nSPS) is 26.2. The van der Waals surface area contributed by atoms with Crippen molar-refractivity contribution >= 4 is 17.3 Å². The van der Waals surface area contributed by atoms with Crippen LogP contribution in [-0.4, -0.2) is 42.1 Å². The van der Waals surface area contributed by atoms with Gasteiger partial charge in [-0.25, -0.2) is 0 Å². The van der Waals surface area contributed by atoms with E-state index in [2.05, 4.69) is 47.8 Å². The molecule has 1 aromatic heterocycles. The van der Waals surface area contributed by atoms with Crippen molar-refractivity contribution in [3.8, 4) is 0 Å². The number of hydrogen-bond acceptors (Lipinski definition) is 3. The second-order valence-electron chi connectivity index (χ2n) is 4.91. The maximum atomic E-state index is 5.83. The van der Waals surface area contributed by atoms with Crippen molar-refractivity contribution < 1.29 is 0 Å². The fourth-order valence-corrected chi connectivity index (χ4v) is 2.50. The largest absolute Gasteiger partial charge is 0.368 e. The lowest BCUT2D eigenvalue weighted by Crippen LogP contribution is -2.55. The van der Waals surface area contributed by atoms with Crippen LogP contribution >= 0.6 is 11.6 Å². The smallest absolute Gasteiger partial charge is 0.0648 e. The molecule has 2 unspecified atom stereocenters. The Labute approximate surface area is 108 Å². The monoisotopic (exact) mass is 253 g/mol. The molecule has 0 bridgehead atoms. The SMILES string of the molecule is CC1CN(c2ccnc(CCl)c2)CC(C)N1C. The van der Waals surface area contributed by atoms with Gasteiger partial charge in [-0.05, 0) is 33.0 Å². The number of piperazine rings is 1. The van der Waals surface area contributed by atoms with Crippen LogP contribution in [0.5, 0.6) is 0 Å². The first-order valence-corrected chi connectivity index (χ1v) is 6.63. The molecule has 0 amide bonds. The Kier molecular flexibility index (Phi) is 3.89. The Bertz CT molecular complexity index is 371. The van der Waals surface area contributed by atoms with Gasteiger partial charge in [0.1, 0.15) is 0 Å². The van der Waals surface area contributed by atoms with Gasteiger partial charge in [-0.3, -0.25) is 9.88 Å². The Morgan fingerprint density at radius 3 is 2.59 bits per heavy atom. The molecule has 0 N–H and O–H groups in total. The Balaban J connectivity index is 2.16. The molecule has 17 heavy (non-hydrogen) atoms. The highest BCUT2D eigenvalue weighted by Gasteiger charge is 2.26. The van der Waals surface area contributed by atoms with Crippen LogP contribution in [0.1, 0.15) is 19.5 Å². The summed E-state index contributed by atoms with van der Waals surface area (Å²) >= 11 is 5.83. The molecule has 0 radical (unpaired) electrons. The van der Waals surface area contributed by atoms with Crippen LogP contribution in [0.25, 0.3) is 0 Å². The molecule has 0 saturated carbocycles. The molecule has 1 aromatic rings. The molecule has 4 heteroatoms. The zero-order valence-corrected chi connectivity index (χ0v) is 11.5. The number of aromatic nitrogens is 1. The molecule has 2 atom stereocenters. The van der Waals surface area contributed by atoms with Gasteiger partial charge in [-0.1, -0.05) is 0 Å². The van der Waals surface area contributed by atoms with E-state index in [1.165, 1.54) is 5.69 Å². The van der Waals surface area contributed by atoms with Gasteiger partial charge >= 0.3 is 0 Å². The first kappa shape index (κ1) is 12.7. The lowest BCUT2D eigenvalue weighted by Gasteiger charge is -2.43. The first-order valence-electron chi connectivity index (χ1n) is 6.09. The molecule has 2 rings (SSSR count). The molecule has 1 aliphatic heterocycles. The number of likely N-dealkylation sites (N-methyl/N-ethyl adjacent to an activating group) is 1. The number of pyridine rings is 1. The highest BCUT2D eigenvalue weighted by Crippen LogP contribution is 2.21. The van der Waals surface area contributed by atoms with E-state index in [1.807, 2.05) is 6.20 Å². The van der Waals surface area contributed by atoms with Crippen molar-refractivity contribution in [2.24, 2.45) is 0 Å². The predicted octanol–water partition coefficient (Wildman–Crippen LogP) is 2.35. The second kappa shape index (κ2) is 5.23. The van der Waals surface area contributed by atoms with Gasteiger partial charge in [0.15, 0.2) is 0 Å². The zero-order chi connectivity index (χ0) is 12.4. The first-order chi connectivity index (χ1) is 8.11. The third-order valence-electron chi connectivity index (χ3n) is 3.66. The molecular formula is C13H20ClN3. The summed E-state index contributed by atoms with van der Waals surface area (Å²) < 4.78 is 0. The topological polar surface area (TPSA) is 19.4 Å². The van der Waals surface area contributed by atoms with Crippen molar-refractivity contribution in [1.82, 2.24) is 9.88 Å². The molecule has 1 saturated heterocycles. The highest BCUT2D eigenvalue weighted by atomic mass is 35.5. The van der Waals surface area contributed by atoms with E-state index in [9.17, 15) is 0 Å². The summed E-state index contributed by atoms with van der Waals surface area (Å²) in [7, 11) is 2.20. The summed E-state index contributed by atoms with van der Waals surface area (Å²) in [4.78, 5) is 9.09. The molecular weight excluding hydrogens is 234 g/mol. The minimum absolute atomic E-state index is 0.479. The van der Waals surface area contributed by atoms with E-state index in [0.29, 0.717) is 18.0 Å². The van der Waals surface area contributed by atoms with Crippen molar-refractivity contribution in [2.75, 3.05) is 25.0 Å². The number of anilines is 1. The second-order valence-corrected chi connectivity index (χ2v) is 5.17. The van der Waals surface area contributed by atoms with E-state index in [0.717, 1.165) is 18.8 Å². The average molecular weight is 254 g/mol. The van der Waals surface area contributed by atoms with Crippen LogP contribution in [-0.2, 0) is 5.88 Å². The molecule has 1 fully saturated rings. The number of hydrogen-bond donors (Lipinski definition) is 0. The summed E-state index contributed by atoms with van der Waals surface area (Å²) in [6.07, 6.45) is 1.85. The van der Waals surface area contributed by atoms with E-state index in [1.54, 1.807) is 0 Å². The minimum atomic E-state index is 0.479. The quantitative estimate of drug-likeness (QED) is 0.755. The van der Waals surface area contributed by atoms with Gasteiger partial charge in [0.2, 0.25) is 0 Å². The Morgan fingerprint density at radius 1 is 1.35 bits per heavy atom. The van der Waals surface area contributed by atoms with E-state index in [4.69, 9.17) is 11.6 Å². The van der Waals surface area contributed by atoms with Gasteiger partial charge < -0.3 is 4.90 Å². The van der Waals surface area contributed by atoms with Gasteiger partial charge in [0, 0.05) is 37.1 Å². The third-order valence-corrected chi connectivity index (χ3v) is 3.94. The highest BCUT2D eigenvalue weighted by molar-refractivity contribution is 6.16. The molecule has 2 heterocycles. The van der Waals surface area contributed by atoms with Crippen LogP contribution in [0, 0.1) is 0 Å². The summed E-state index contributed by atoms with van der Waals surface area (Å²) in [5, 5.41) is 0. The van der Waals surface area contributed by atoms with Crippen molar-refractivity contribution in [3.63, 3.8) is 0 Å². The maximum absolute atomic E-state index is 5.83. The molecule has 0 aromatic carbocycles. The van der Waals surface area contributed by atoms with Crippen LogP contribution in [0.3, 0.4) is 0 Å². The number of alkyl halides is 1. The summed E-state index contributed by atoms with van der Waals surface area (Å²) in [6.45, 7) is 6.66. The number of halogens is 1. The van der Waals surface area contributed by atoms with E-state index < -0.39 is 0 Å². The minimum Gasteiger partial charge on any atom is -0.368 e. The number of rotatable bonds is 2. The van der Waals surface area contributed by atoms with Gasteiger partial charge in [-0.15, -0.1) is 11.6 Å². The van der Waals surface area contributed by atoms with Gasteiger partial charge in [-0.2, -0.15) is 0 Å². The van der Waals surface area contributed by atoms with Crippen LogP contribution < -0.4 is 4.90 Å². The Morgan fingerprint density at radius 2 is 2.00 bits per heavy atom. The molecule has 1 aliphatic rings. The van der Waals surface area contributed by atoms with Gasteiger partial charge in [0.25, 0.3) is 0 Å². The fraction of sp³-hybridized carbons (Fsp3) is 0.615. The Hall–Kier alpha value is -0.800. The number of nitrogens with zero attached hydrogens (tertiary/aromatic N) is 3. The summed E-state index contributed by atoms with van der Waals surface area (Å²) in [5.74, 6) is 0.479. The maximum Gasteiger partial charge on any atom is 0.0648 e. The molecule has 0 spiro atoms. The van der Waals surface area contributed by atoms with E-state index in [-0.39, 0.29) is 0 Å². The van der Waals surface area contributed by atoms with Crippen molar-refractivity contribution in [1.29, 1.82) is 0 Å². The van der Waals surface area contributed by atoms with Gasteiger partial charge in [0.05, 0.1) is 11.6 Å². The average Bonchev–Trinajstić information content (AvgIpc) is 2.35. The summed E-state index contributed by atoms with van der Waals surface area (Å²) in [6, 6.07) is 5.32. The molecule has 0 aliphatic carbocycles. The fourth-order valence-electron chi connectivity index (χ4n) is 2.35. The van der Waals surface area contributed by atoms with E-state index >= 15 is 0 Å². The van der Waals surface area contributed by atoms with Crippen molar-refractivity contribution in [2.45, 2.75) is 31.8 Å². The molecule has 94 valence electrons. The summed E-state index contributed by atoms with van der Waals surface area (Å²) in [5.41, 5.74) is 2.19. The standard InChI is InChI=1S/C13H20ClN3/c1-10-8-17(9-11(2)16(10)3)13-4-5-15-12(6-13)7-14/h4-6,10-11H,7-9H2,1-3H3. The predicted molar refractivity (Wildman–Crippen MR) is 72.7 cm³/mol. The molecule has 3 nitrogen and oxygen atoms in total. The van der Waals surface area contributed by atoms with Crippen LogP contribution in [0.2, 0.25) is 0 Å². The third kappa shape index (κ3) is 2.72. The lowest BCUT2D eigenvalue weighted by atomic mass is 10.1. The van der Waals surface area contributed by atoms with Crippen LogP contribution in [0.4, 0.5) is 5.69 Å².